The van der Waals surface area contributed by atoms with Crippen LogP contribution < -0.4 is 15.2 Å². The molecule has 0 spiro atoms. The minimum absolute atomic E-state index is 0.00378. The Labute approximate surface area is 161 Å². The highest BCUT2D eigenvalue weighted by Crippen LogP contribution is 2.27. The first-order chi connectivity index (χ1) is 12.6. The Hall–Kier alpha value is -1.98. The van der Waals surface area contributed by atoms with Gasteiger partial charge in [-0.3, -0.25) is 4.79 Å². The largest absolute Gasteiger partial charge is 0.322 e. The molecule has 0 radical (unpaired) electrons. The normalized spacial score (nSPS) is 14.7. The molecule has 0 aliphatic heterocycles. The Bertz CT molecular complexity index is 1110. The Kier molecular flexibility index (Phi) is 5.28. The fraction of sp³-hybridized carbons (Fsp3) is 0.188. The number of hydrogen-bond acceptors (Lipinski definition) is 5. The second-order valence-corrected chi connectivity index (χ2v) is 9.72. The van der Waals surface area contributed by atoms with Crippen molar-refractivity contribution in [3.63, 3.8) is 0 Å². The van der Waals surface area contributed by atoms with Gasteiger partial charge in [0.05, 0.1) is 9.92 Å². The lowest BCUT2D eigenvalue weighted by molar-refractivity contribution is 0.102. The highest BCUT2D eigenvalue weighted by molar-refractivity contribution is 7.89. The summed E-state index contributed by atoms with van der Waals surface area (Å²) < 4.78 is 50.1. The maximum absolute atomic E-state index is 12.4. The molecule has 2 aromatic carbocycles. The van der Waals surface area contributed by atoms with Gasteiger partial charge in [0, 0.05) is 17.3 Å². The van der Waals surface area contributed by atoms with E-state index in [-0.39, 0.29) is 32.1 Å². The van der Waals surface area contributed by atoms with Crippen LogP contribution in [0.5, 0.6) is 0 Å². The summed E-state index contributed by atoms with van der Waals surface area (Å²) in [6, 6.07) is 9.16. The Balaban J connectivity index is 1.86. The van der Waals surface area contributed by atoms with E-state index in [9.17, 15) is 21.6 Å². The van der Waals surface area contributed by atoms with Crippen molar-refractivity contribution in [2.45, 2.75) is 28.7 Å². The molecule has 27 heavy (non-hydrogen) atoms. The van der Waals surface area contributed by atoms with Crippen molar-refractivity contribution < 1.29 is 21.6 Å². The molecule has 3 rings (SSSR count). The zero-order chi connectivity index (χ0) is 19.8. The van der Waals surface area contributed by atoms with E-state index in [1.165, 1.54) is 42.5 Å². The van der Waals surface area contributed by atoms with E-state index in [1.54, 1.807) is 0 Å². The van der Waals surface area contributed by atoms with Crippen molar-refractivity contribution in [3.05, 3.63) is 53.1 Å². The summed E-state index contributed by atoms with van der Waals surface area (Å²) in [6.07, 6.45) is 1.52. The van der Waals surface area contributed by atoms with E-state index in [0.29, 0.717) is 0 Å². The van der Waals surface area contributed by atoms with Gasteiger partial charge in [-0.1, -0.05) is 17.7 Å². The molecule has 8 nitrogen and oxygen atoms in total. The van der Waals surface area contributed by atoms with Crippen LogP contribution in [0.25, 0.3) is 0 Å². The topological polar surface area (TPSA) is 135 Å². The fourth-order valence-corrected chi connectivity index (χ4v) is 4.68. The van der Waals surface area contributed by atoms with Crippen LogP contribution in [0.4, 0.5) is 5.69 Å². The highest BCUT2D eigenvalue weighted by atomic mass is 35.5. The second kappa shape index (κ2) is 7.21. The van der Waals surface area contributed by atoms with Crippen LogP contribution >= 0.6 is 11.6 Å². The molecule has 0 heterocycles. The maximum Gasteiger partial charge on any atom is 0.255 e. The van der Waals surface area contributed by atoms with Gasteiger partial charge in [-0.15, -0.1) is 0 Å². The Morgan fingerprint density at radius 1 is 1.07 bits per heavy atom. The molecule has 1 saturated carbocycles. The number of hydrogen-bond donors (Lipinski definition) is 3. The Morgan fingerprint density at radius 2 is 1.78 bits per heavy atom. The summed E-state index contributed by atoms with van der Waals surface area (Å²) in [6.45, 7) is 0. The molecule has 0 bridgehead atoms. The van der Waals surface area contributed by atoms with E-state index in [0.717, 1.165) is 12.8 Å². The predicted molar refractivity (Wildman–Crippen MR) is 101 cm³/mol. The zero-order valence-electron chi connectivity index (χ0n) is 13.8. The molecule has 0 unspecified atom stereocenters. The Morgan fingerprint density at radius 3 is 2.41 bits per heavy atom. The summed E-state index contributed by atoms with van der Waals surface area (Å²) in [4.78, 5) is 12.1. The molecule has 1 aliphatic rings. The van der Waals surface area contributed by atoms with Gasteiger partial charge in [0.25, 0.3) is 5.91 Å². The van der Waals surface area contributed by atoms with Gasteiger partial charge in [-0.05, 0) is 49.2 Å². The highest BCUT2D eigenvalue weighted by Gasteiger charge is 2.29. The number of carbonyl (C=O) groups is 1. The fourth-order valence-electron chi connectivity index (χ4n) is 2.29. The van der Waals surface area contributed by atoms with Gasteiger partial charge < -0.3 is 5.32 Å². The number of carbonyl (C=O) groups excluding carboxylic acids is 1. The van der Waals surface area contributed by atoms with Gasteiger partial charge in [-0.2, -0.15) is 0 Å². The van der Waals surface area contributed by atoms with E-state index >= 15 is 0 Å². The van der Waals surface area contributed by atoms with Crippen molar-refractivity contribution in [1.82, 2.24) is 4.72 Å². The summed E-state index contributed by atoms with van der Waals surface area (Å²) >= 11 is 5.99. The van der Waals surface area contributed by atoms with E-state index < -0.39 is 26.0 Å². The molecule has 1 aliphatic carbocycles. The second-order valence-electron chi connectivity index (χ2n) is 6.07. The lowest BCUT2D eigenvalue weighted by Crippen LogP contribution is -2.26. The zero-order valence-corrected chi connectivity index (χ0v) is 16.2. The van der Waals surface area contributed by atoms with Crippen molar-refractivity contribution in [1.29, 1.82) is 0 Å². The van der Waals surface area contributed by atoms with E-state index in [1.807, 2.05) is 0 Å². The summed E-state index contributed by atoms with van der Waals surface area (Å²) in [5.74, 6) is -0.624. The third-order valence-electron chi connectivity index (χ3n) is 3.80. The summed E-state index contributed by atoms with van der Waals surface area (Å²) in [5.41, 5.74) is 0.249. The molecule has 0 saturated heterocycles. The SMILES string of the molecule is NS(=O)(=O)c1cccc(NC(=O)c2ccc(Cl)c(S(=O)(=O)NC3CC3)c2)c1. The van der Waals surface area contributed by atoms with Gasteiger partial charge in [0.2, 0.25) is 20.0 Å². The molecular formula is C16H16ClN3O5S2. The van der Waals surface area contributed by atoms with Crippen LogP contribution in [0.1, 0.15) is 23.2 Å². The van der Waals surface area contributed by atoms with Crippen LogP contribution in [0.15, 0.2) is 52.3 Å². The molecule has 1 fully saturated rings. The molecule has 1 amide bonds. The number of rotatable bonds is 6. The third kappa shape index (κ3) is 4.85. The van der Waals surface area contributed by atoms with E-state index in [4.69, 9.17) is 16.7 Å². The number of amides is 1. The monoisotopic (exact) mass is 429 g/mol. The first-order valence-corrected chi connectivity index (χ1v) is 11.2. The van der Waals surface area contributed by atoms with Crippen LogP contribution in [0, 0.1) is 0 Å². The first-order valence-electron chi connectivity index (χ1n) is 7.82. The quantitative estimate of drug-likeness (QED) is 0.641. The number of nitrogens with one attached hydrogen (secondary N) is 2. The standard InChI is InChI=1S/C16H16ClN3O5S2/c17-14-7-4-10(8-15(14)27(24,25)20-11-5-6-11)16(21)19-12-2-1-3-13(9-12)26(18,22)23/h1-4,7-9,11,20H,5-6H2,(H,19,21)(H2,18,22,23). The summed E-state index contributed by atoms with van der Waals surface area (Å²) in [5, 5.41) is 7.57. The number of primary sulfonamides is 1. The van der Waals surface area contributed by atoms with Crippen LogP contribution in [0.2, 0.25) is 5.02 Å². The van der Waals surface area contributed by atoms with Crippen molar-refractivity contribution >= 4 is 43.2 Å². The van der Waals surface area contributed by atoms with Gasteiger partial charge in [-0.25, -0.2) is 26.7 Å². The number of benzene rings is 2. The van der Waals surface area contributed by atoms with Gasteiger partial charge >= 0.3 is 0 Å². The molecule has 0 aromatic heterocycles. The predicted octanol–water partition coefficient (Wildman–Crippen LogP) is 1.68. The lowest BCUT2D eigenvalue weighted by atomic mass is 10.2. The van der Waals surface area contributed by atoms with Gasteiger partial charge in [0.15, 0.2) is 0 Å². The first kappa shape index (κ1) is 19.8. The average molecular weight is 430 g/mol. The number of nitrogens with two attached hydrogens (primary N) is 1. The van der Waals surface area contributed by atoms with Crippen molar-refractivity contribution in [2.24, 2.45) is 5.14 Å². The minimum Gasteiger partial charge on any atom is -0.322 e. The number of anilines is 1. The molecule has 11 heteroatoms. The lowest BCUT2D eigenvalue weighted by Gasteiger charge is -2.10. The van der Waals surface area contributed by atoms with Gasteiger partial charge in [0.1, 0.15) is 4.90 Å². The molecule has 4 N–H and O–H groups in total. The molecule has 0 atom stereocenters. The van der Waals surface area contributed by atoms with Crippen molar-refractivity contribution in [2.75, 3.05) is 5.32 Å². The number of halogens is 1. The molecular weight excluding hydrogens is 414 g/mol. The van der Waals surface area contributed by atoms with Crippen molar-refractivity contribution in [3.8, 4) is 0 Å². The summed E-state index contributed by atoms with van der Waals surface area (Å²) in [7, 11) is -7.76. The maximum atomic E-state index is 12.4. The molecule has 144 valence electrons. The molecule has 2 aromatic rings. The van der Waals surface area contributed by atoms with Crippen LogP contribution in [0.3, 0.4) is 0 Å². The minimum atomic E-state index is -3.92. The van der Waals surface area contributed by atoms with Crippen LogP contribution in [-0.2, 0) is 20.0 Å². The third-order valence-corrected chi connectivity index (χ3v) is 6.72. The smallest absolute Gasteiger partial charge is 0.255 e. The van der Waals surface area contributed by atoms with E-state index in [2.05, 4.69) is 10.0 Å². The van der Waals surface area contributed by atoms with Crippen LogP contribution in [-0.4, -0.2) is 28.8 Å². The number of sulfonamides is 2. The average Bonchev–Trinajstić information content (AvgIpc) is 3.37.